The lowest BCUT2D eigenvalue weighted by Gasteiger charge is -2.21. The van der Waals surface area contributed by atoms with Gasteiger partial charge >= 0.3 is 0 Å². The molecule has 0 saturated carbocycles. The summed E-state index contributed by atoms with van der Waals surface area (Å²) in [5.41, 5.74) is 5.40. The zero-order valence-electron chi connectivity index (χ0n) is 10.6. The molecule has 7 heteroatoms. The number of hydrogen-bond acceptors (Lipinski definition) is 6. The van der Waals surface area contributed by atoms with Crippen LogP contribution in [0.15, 0.2) is 64.0 Å². The highest BCUT2D eigenvalue weighted by Crippen LogP contribution is 2.27. The van der Waals surface area contributed by atoms with Gasteiger partial charge in [0.25, 0.3) is 5.66 Å². The second-order valence-corrected chi connectivity index (χ2v) is 4.44. The maximum Gasteiger partial charge on any atom is 0.295 e. The Morgan fingerprint density at radius 1 is 1.35 bits per heavy atom. The summed E-state index contributed by atoms with van der Waals surface area (Å²) in [5.74, 6) is 0. The summed E-state index contributed by atoms with van der Waals surface area (Å²) in [5, 5.41) is 28.2. The van der Waals surface area contributed by atoms with Crippen molar-refractivity contribution in [2.45, 2.75) is 12.1 Å². The molecule has 0 spiro atoms. The molecule has 0 fully saturated rings. The zero-order chi connectivity index (χ0) is 14.6. The van der Waals surface area contributed by atoms with Crippen LogP contribution in [-0.4, -0.2) is 22.3 Å². The maximum absolute atomic E-state index is 10.9. The van der Waals surface area contributed by atoms with E-state index in [1.165, 1.54) is 12.2 Å². The summed E-state index contributed by atoms with van der Waals surface area (Å²) < 4.78 is 0. The highest BCUT2D eigenvalue weighted by molar-refractivity contribution is 5.37. The van der Waals surface area contributed by atoms with Crippen molar-refractivity contribution in [3.05, 3.63) is 63.9 Å². The van der Waals surface area contributed by atoms with Crippen molar-refractivity contribution in [1.29, 1.82) is 0 Å². The molecule has 20 heavy (non-hydrogen) atoms. The minimum Gasteiger partial charge on any atom is -0.392 e. The van der Waals surface area contributed by atoms with E-state index in [1.54, 1.807) is 12.1 Å². The van der Waals surface area contributed by atoms with Gasteiger partial charge in [-0.25, -0.2) is 0 Å². The first-order valence-electron chi connectivity index (χ1n) is 5.97. The van der Waals surface area contributed by atoms with Crippen LogP contribution in [0.25, 0.3) is 0 Å². The zero-order valence-corrected chi connectivity index (χ0v) is 10.6. The first-order chi connectivity index (χ1) is 9.55. The van der Waals surface area contributed by atoms with Crippen molar-refractivity contribution in [3.63, 3.8) is 0 Å². The van der Waals surface area contributed by atoms with Crippen LogP contribution in [0.4, 0.5) is 5.69 Å². The molecule has 1 aliphatic rings. The summed E-state index contributed by atoms with van der Waals surface area (Å²) in [6.45, 7) is -0.347. The number of azo groups is 1. The smallest absolute Gasteiger partial charge is 0.295 e. The molecule has 104 valence electrons. The van der Waals surface area contributed by atoms with Gasteiger partial charge in [-0.05, 0) is 23.8 Å². The van der Waals surface area contributed by atoms with E-state index in [9.17, 15) is 15.2 Å². The van der Waals surface area contributed by atoms with E-state index >= 15 is 0 Å². The van der Waals surface area contributed by atoms with Crippen LogP contribution in [0, 0.1) is 10.1 Å². The molecule has 2 rings (SSSR count). The molecule has 0 radical (unpaired) electrons. The number of nitro groups is 1. The lowest BCUT2D eigenvalue weighted by molar-refractivity contribution is -0.554. The molecule has 1 atom stereocenters. The maximum atomic E-state index is 10.9. The van der Waals surface area contributed by atoms with E-state index in [1.807, 2.05) is 18.2 Å². The number of aliphatic hydroxyl groups is 1. The van der Waals surface area contributed by atoms with Gasteiger partial charge in [0, 0.05) is 11.0 Å². The van der Waals surface area contributed by atoms with Crippen molar-refractivity contribution in [2.75, 3.05) is 6.61 Å². The number of aliphatic hydroxyl groups excluding tert-OH is 1. The molecular formula is C13H14N4O3. The lowest BCUT2D eigenvalue weighted by Crippen LogP contribution is -2.47. The van der Waals surface area contributed by atoms with Gasteiger partial charge in [-0.2, -0.15) is 10.2 Å². The summed E-state index contributed by atoms with van der Waals surface area (Å²) in [6, 6.07) is 9.06. The number of nitrogens with zero attached hydrogens (tertiary/aromatic N) is 3. The van der Waals surface area contributed by atoms with Crippen LogP contribution < -0.4 is 5.73 Å². The minimum atomic E-state index is -1.69. The molecule has 1 aromatic rings. The van der Waals surface area contributed by atoms with Crippen LogP contribution in [0.2, 0.25) is 0 Å². The van der Waals surface area contributed by atoms with E-state index < -0.39 is 10.6 Å². The van der Waals surface area contributed by atoms with Gasteiger partial charge < -0.3 is 5.11 Å². The van der Waals surface area contributed by atoms with E-state index in [4.69, 9.17) is 5.73 Å². The van der Waals surface area contributed by atoms with Crippen molar-refractivity contribution in [2.24, 2.45) is 16.0 Å². The molecule has 1 aromatic carbocycles. The molecule has 0 heterocycles. The van der Waals surface area contributed by atoms with Gasteiger partial charge in [0.2, 0.25) is 0 Å². The van der Waals surface area contributed by atoms with Gasteiger partial charge in [0.15, 0.2) is 0 Å². The first-order valence-corrected chi connectivity index (χ1v) is 5.97. The molecule has 0 aromatic heterocycles. The second-order valence-electron chi connectivity index (χ2n) is 4.44. The van der Waals surface area contributed by atoms with E-state index in [0.29, 0.717) is 17.0 Å². The number of nitrogens with two attached hydrogens (primary N) is 1. The number of benzene rings is 1. The molecule has 0 saturated heterocycles. The number of rotatable bonds is 4. The Bertz CT molecular complexity index is 595. The molecule has 1 aliphatic carbocycles. The predicted molar refractivity (Wildman–Crippen MR) is 72.7 cm³/mol. The third-order valence-corrected chi connectivity index (χ3v) is 2.95. The number of allylic oxidation sites excluding steroid dienone is 1. The Labute approximate surface area is 115 Å². The Balaban J connectivity index is 2.24. The standard InChI is InChI=1S/C13H14N4O3/c14-13(17(19)20)7-6-12(10(8-13)9-18)16-15-11-4-2-1-3-5-11/h1-7,18H,8-9,14H2. The largest absolute Gasteiger partial charge is 0.392 e. The van der Waals surface area contributed by atoms with Gasteiger partial charge in [-0.3, -0.25) is 15.8 Å². The molecule has 0 bridgehead atoms. The van der Waals surface area contributed by atoms with Gasteiger partial charge in [-0.1, -0.05) is 18.2 Å². The second kappa shape index (κ2) is 5.72. The van der Waals surface area contributed by atoms with Crippen LogP contribution >= 0.6 is 0 Å². The average Bonchev–Trinajstić information content (AvgIpc) is 2.47. The monoisotopic (exact) mass is 274 g/mol. The molecule has 0 aliphatic heterocycles. The normalized spacial score (nSPS) is 22.5. The van der Waals surface area contributed by atoms with E-state index in [-0.39, 0.29) is 13.0 Å². The van der Waals surface area contributed by atoms with Crippen LogP contribution in [0.5, 0.6) is 0 Å². The third kappa shape index (κ3) is 2.95. The predicted octanol–water partition coefficient (Wildman–Crippen LogP) is 1.91. The fourth-order valence-corrected chi connectivity index (χ4v) is 1.81. The topological polar surface area (TPSA) is 114 Å². The molecule has 7 nitrogen and oxygen atoms in total. The van der Waals surface area contributed by atoms with Crippen molar-refractivity contribution >= 4 is 5.69 Å². The summed E-state index contributed by atoms with van der Waals surface area (Å²) in [4.78, 5) is 10.3. The fourth-order valence-electron chi connectivity index (χ4n) is 1.81. The van der Waals surface area contributed by atoms with E-state index in [0.717, 1.165) is 0 Å². The molecule has 3 N–H and O–H groups in total. The highest BCUT2D eigenvalue weighted by Gasteiger charge is 2.39. The van der Waals surface area contributed by atoms with Gasteiger partial charge in [-0.15, -0.1) is 0 Å². The number of hydrogen-bond donors (Lipinski definition) is 2. The van der Waals surface area contributed by atoms with Gasteiger partial charge in [0.05, 0.1) is 24.4 Å². The van der Waals surface area contributed by atoms with Crippen molar-refractivity contribution in [1.82, 2.24) is 0 Å². The third-order valence-electron chi connectivity index (χ3n) is 2.95. The average molecular weight is 274 g/mol. The summed E-state index contributed by atoms with van der Waals surface area (Å²) in [7, 11) is 0. The Kier molecular flexibility index (Phi) is 4.02. The van der Waals surface area contributed by atoms with Gasteiger partial charge in [0.1, 0.15) is 0 Å². The van der Waals surface area contributed by atoms with Crippen LogP contribution in [0.1, 0.15) is 6.42 Å². The summed E-state index contributed by atoms with van der Waals surface area (Å²) >= 11 is 0. The molecular weight excluding hydrogens is 260 g/mol. The van der Waals surface area contributed by atoms with E-state index in [2.05, 4.69) is 10.2 Å². The Morgan fingerprint density at radius 3 is 2.65 bits per heavy atom. The molecule has 0 amide bonds. The first kappa shape index (κ1) is 14.0. The molecule has 1 unspecified atom stereocenters. The quantitative estimate of drug-likeness (QED) is 0.377. The van der Waals surface area contributed by atoms with Crippen LogP contribution in [-0.2, 0) is 0 Å². The highest BCUT2D eigenvalue weighted by atomic mass is 16.6. The SMILES string of the molecule is NC1([N+](=O)[O-])C=CC(N=Nc2ccccc2)=C(CO)C1. The lowest BCUT2D eigenvalue weighted by atomic mass is 9.94. The Morgan fingerprint density at radius 2 is 2.05 bits per heavy atom. The Hall–Kier alpha value is -2.38. The van der Waals surface area contributed by atoms with Crippen LogP contribution in [0.3, 0.4) is 0 Å². The van der Waals surface area contributed by atoms with Crippen molar-refractivity contribution < 1.29 is 10.0 Å². The summed E-state index contributed by atoms with van der Waals surface area (Å²) in [6.07, 6.45) is 2.60. The fraction of sp³-hybridized carbons (Fsp3) is 0.231. The van der Waals surface area contributed by atoms with Crippen molar-refractivity contribution in [3.8, 4) is 0 Å². The minimum absolute atomic E-state index is 0.0872.